The van der Waals surface area contributed by atoms with Crippen molar-refractivity contribution in [2.45, 2.75) is 18.3 Å². The largest absolute Gasteiger partial charge is 0.480 e. The van der Waals surface area contributed by atoms with Gasteiger partial charge in [0.2, 0.25) is 5.91 Å². The molecule has 1 aliphatic carbocycles. The summed E-state index contributed by atoms with van der Waals surface area (Å²) in [4.78, 5) is 24.0. The summed E-state index contributed by atoms with van der Waals surface area (Å²) in [6.07, 6.45) is 2.24. The molecule has 1 aromatic carbocycles. The van der Waals surface area contributed by atoms with Crippen molar-refractivity contribution in [3.05, 3.63) is 34.3 Å². The van der Waals surface area contributed by atoms with Crippen LogP contribution in [0.2, 0.25) is 0 Å². The third-order valence-corrected chi connectivity index (χ3v) is 4.26. The highest BCUT2D eigenvalue weighted by Crippen LogP contribution is 2.48. The predicted octanol–water partition coefficient (Wildman–Crippen LogP) is 1.61. The number of hydrogen-bond donors (Lipinski definition) is 2. The molecule has 0 atom stereocenters. The molecule has 114 valence electrons. The lowest BCUT2D eigenvalue weighted by molar-refractivity contribution is -0.138. The van der Waals surface area contributed by atoms with Gasteiger partial charge in [-0.3, -0.25) is 14.5 Å². The molecule has 0 saturated heterocycles. The molecule has 5 nitrogen and oxygen atoms in total. The van der Waals surface area contributed by atoms with Crippen LogP contribution < -0.4 is 5.32 Å². The average molecular weight is 355 g/mol. The molecule has 1 fully saturated rings. The van der Waals surface area contributed by atoms with Gasteiger partial charge in [-0.15, -0.1) is 0 Å². The minimum absolute atomic E-state index is 0.141. The van der Waals surface area contributed by atoms with E-state index in [2.05, 4.69) is 33.4 Å². The first-order chi connectivity index (χ1) is 9.91. The van der Waals surface area contributed by atoms with Crippen molar-refractivity contribution in [3.63, 3.8) is 0 Å². The van der Waals surface area contributed by atoms with Crippen molar-refractivity contribution < 1.29 is 14.7 Å². The van der Waals surface area contributed by atoms with Gasteiger partial charge in [0.05, 0.1) is 6.54 Å². The molecule has 0 radical (unpaired) electrons. The second-order valence-electron chi connectivity index (χ2n) is 5.63. The fourth-order valence-corrected chi connectivity index (χ4v) is 2.80. The third kappa shape index (κ3) is 4.54. The summed E-state index contributed by atoms with van der Waals surface area (Å²) in [7, 11) is 1.89. The van der Waals surface area contributed by atoms with Crippen LogP contribution in [-0.2, 0) is 15.0 Å². The topological polar surface area (TPSA) is 69.6 Å². The van der Waals surface area contributed by atoms with Crippen molar-refractivity contribution in [2.24, 2.45) is 0 Å². The number of nitrogens with one attached hydrogen (secondary N) is 1. The number of carbonyl (C=O) groups is 2. The zero-order valence-electron chi connectivity index (χ0n) is 11.9. The highest BCUT2D eigenvalue weighted by atomic mass is 79.9. The van der Waals surface area contributed by atoms with E-state index in [4.69, 9.17) is 5.11 Å². The highest BCUT2D eigenvalue weighted by molar-refractivity contribution is 9.10. The highest BCUT2D eigenvalue weighted by Gasteiger charge is 2.44. The third-order valence-electron chi connectivity index (χ3n) is 3.73. The van der Waals surface area contributed by atoms with E-state index in [9.17, 15) is 9.59 Å². The van der Waals surface area contributed by atoms with Gasteiger partial charge in [0.1, 0.15) is 6.54 Å². The summed E-state index contributed by atoms with van der Waals surface area (Å²) in [6.45, 7) is 0.686. The molecular formula is C15H19BrN2O3. The van der Waals surface area contributed by atoms with E-state index >= 15 is 0 Å². The zero-order chi connectivity index (χ0) is 15.5. The lowest BCUT2D eigenvalue weighted by Gasteiger charge is -2.23. The smallest absolute Gasteiger partial charge is 0.322 e. The Kier molecular flexibility index (Phi) is 5.00. The average Bonchev–Trinajstić information content (AvgIpc) is 3.17. The Morgan fingerprint density at radius 1 is 1.33 bits per heavy atom. The van der Waals surface area contributed by atoms with Crippen LogP contribution in [0.5, 0.6) is 0 Å². The molecule has 1 amide bonds. The van der Waals surface area contributed by atoms with E-state index in [0.717, 1.165) is 23.9 Å². The Hall–Kier alpha value is -1.40. The Morgan fingerprint density at radius 3 is 2.48 bits per heavy atom. The number of hydrogen-bond acceptors (Lipinski definition) is 3. The molecule has 0 bridgehead atoms. The lowest BCUT2D eigenvalue weighted by Crippen LogP contribution is -2.40. The molecule has 0 aromatic heterocycles. The number of carbonyl (C=O) groups excluding carboxylic acids is 1. The molecule has 2 rings (SSSR count). The molecule has 1 aromatic rings. The number of halogens is 1. The summed E-state index contributed by atoms with van der Waals surface area (Å²) in [6, 6.07) is 8.31. The molecule has 0 heterocycles. The molecular weight excluding hydrogens is 336 g/mol. The minimum atomic E-state index is -1.03. The van der Waals surface area contributed by atoms with Crippen molar-refractivity contribution in [1.29, 1.82) is 0 Å². The van der Waals surface area contributed by atoms with Gasteiger partial charge in [0.25, 0.3) is 0 Å². The van der Waals surface area contributed by atoms with Gasteiger partial charge in [-0.2, -0.15) is 0 Å². The molecule has 2 N–H and O–H groups in total. The van der Waals surface area contributed by atoms with Crippen molar-refractivity contribution in [2.75, 3.05) is 26.7 Å². The Balaban J connectivity index is 1.87. The van der Waals surface area contributed by atoms with E-state index in [-0.39, 0.29) is 24.4 Å². The summed E-state index contributed by atoms with van der Waals surface area (Å²) < 4.78 is 1.06. The van der Waals surface area contributed by atoms with Gasteiger partial charge in [-0.25, -0.2) is 0 Å². The molecule has 6 heteroatoms. The van der Waals surface area contributed by atoms with Crippen LogP contribution in [0.15, 0.2) is 28.7 Å². The summed E-state index contributed by atoms with van der Waals surface area (Å²) >= 11 is 3.43. The number of rotatable bonds is 7. The van der Waals surface area contributed by atoms with Crippen LogP contribution in [0.4, 0.5) is 0 Å². The molecule has 1 saturated carbocycles. The first-order valence-electron chi connectivity index (χ1n) is 6.84. The lowest BCUT2D eigenvalue weighted by atomic mass is 9.95. The van der Waals surface area contributed by atoms with Gasteiger partial charge < -0.3 is 10.4 Å². The van der Waals surface area contributed by atoms with Crippen molar-refractivity contribution in [1.82, 2.24) is 10.2 Å². The second kappa shape index (κ2) is 6.58. The quantitative estimate of drug-likeness (QED) is 0.780. The van der Waals surface area contributed by atoms with E-state index in [1.54, 1.807) is 0 Å². The number of carboxylic acid groups (broad SMARTS) is 1. The van der Waals surface area contributed by atoms with Crippen LogP contribution in [-0.4, -0.2) is 48.6 Å². The van der Waals surface area contributed by atoms with Crippen LogP contribution in [0.1, 0.15) is 18.4 Å². The molecule has 21 heavy (non-hydrogen) atoms. The molecule has 0 aliphatic heterocycles. The number of nitrogens with zero attached hydrogens (tertiary/aromatic N) is 1. The second-order valence-corrected chi connectivity index (χ2v) is 6.55. The van der Waals surface area contributed by atoms with Gasteiger partial charge in [0, 0.05) is 16.4 Å². The molecule has 0 unspecified atom stereocenters. The van der Waals surface area contributed by atoms with E-state index < -0.39 is 5.97 Å². The first-order valence-corrected chi connectivity index (χ1v) is 7.64. The van der Waals surface area contributed by atoms with Crippen molar-refractivity contribution >= 4 is 27.8 Å². The predicted molar refractivity (Wildman–Crippen MR) is 83.2 cm³/mol. The van der Waals surface area contributed by atoms with Gasteiger partial charge >= 0.3 is 5.97 Å². The maximum atomic E-state index is 11.6. The van der Waals surface area contributed by atoms with E-state index in [1.165, 1.54) is 5.56 Å². The van der Waals surface area contributed by atoms with Gasteiger partial charge in [-0.05, 0) is 37.6 Å². The summed E-state index contributed by atoms with van der Waals surface area (Å²) in [5, 5.41) is 10.9. The first kappa shape index (κ1) is 16.0. The number of likely N-dealkylation sites (N-methyl/N-ethyl adjacent to an activating group) is 1. The van der Waals surface area contributed by atoms with E-state index in [1.807, 2.05) is 24.1 Å². The van der Waals surface area contributed by atoms with Crippen LogP contribution >= 0.6 is 15.9 Å². The van der Waals surface area contributed by atoms with Gasteiger partial charge in [-0.1, -0.05) is 28.1 Å². The SMILES string of the molecule is CN(CC(=O)NCC(=O)O)CC1(c2ccc(Br)cc2)CC1. The maximum Gasteiger partial charge on any atom is 0.322 e. The number of aliphatic carboxylic acids is 1. The summed E-state index contributed by atoms with van der Waals surface area (Å²) in [5.41, 5.74) is 1.44. The number of amides is 1. The fraction of sp³-hybridized carbons (Fsp3) is 0.467. The number of benzene rings is 1. The monoisotopic (exact) mass is 354 g/mol. The summed E-state index contributed by atoms with van der Waals surface area (Å²) in [5.74, 6) is -1.29. The Labute approximate surface area is 132 Å². The fourth-order valence-electron chi connectivity index (χ4n) is 2.54. The standard InChI is InChI=1S/C15H19BrN2O3/c1-18(9-13(19)17-8-14(20)21)10-15(6-7-15)11-2-4-12(16)5-3-11/h2-5H,6-10H2,1H3,(H,17,19)(H,20,21). The zero-order valence-corrected chi connectivity index (χ0v) is 13.5. The van der Waals surface area contributed by atoms with Crippen LogP contribution in [0, 0.1) is 0 Å². The Bertz CT molecular complexity index is 526. The van der Waals surface area contributed by atoms with E-state index in [0.29, 0.717) is 0 Å². The van der Waals surface area contributed by atoms with Crippen molar-refractivity contribution in [3.8, 4) is 0 Å². The molecule has 0 spiro atoms. The van der Waals surface area contributed by atoms with Crippen LogP contribution in [0.25, 0.3) is 0 Å². The van der Waals surface area contributed by atoms with Crippen LogP contribution in [0.3, 0.4) is 0 Å². The normalized spacial score (nSPS) is 15.8. The minimum Gasteiger partial charge on any atom is -0.480 e. The Morgan fingerprint density at radius 2 is 1.95 bits per heavy atom. The maximum absolute atomic E-state index is 11.6. The van der Waals surface area contributed by atoms with Gasteiger partial charge in [0.15, 0.2) is 0 Å². The number of carboxylic acids is 1. The molecule has 1 aliphatic rings.